The van der Waals surface area contributed by atoms with E-state index in [2.05, 4.69) is 0 Å². The maximum Gasteiger partial charge on any atom is 0.319 e. The van der Waals surface area contributed by atoms with Crippen molar-refractivity contribution in [3.63, 3.8) is 0 Å². The molecule has 8 heteroatoms. The summed E-state index contributed by atoms with van der Waals surface area (Å²) in [5, 5.41) is 0.238. The van der Waals surface area contributed by atoms with Gasteiger partial charge >= 0.3 is 5.97 Å². The number of hydrogen-bond acceptors (Lipinski definition) is 6. The van der Waals surface area contributed by atoms with E-state index in [1.165, 1.54) is 40.2 Å². The molecule has 1 aromatic carbocycles. The van der Waals surface area contributed by atoms with E-state index in [1.807, 2.05) is 13.8 Å². The number of nitrogens with zero attached hydrogens (tertiary/aromatic N) is 2. The van der Waals surface area contributed by atoms with Crippen molar-refractivity contribution in [3.05, 3.63) is 46.1 Å². The van der Waals surface area contributed by atoms with Gasteiger partial charge in [-0.1, -0.05) is 25.6 Å². The molecule has 0 fully saturated rings. The molecule has 144 valence electrons. The van der Waals surface area contributed by atoms with Crippen LogP contribution in [0.2, 0.25) is 0 Å². The maximum atomic E-state index is 13.4. The van der Waals surface area contributed by atoms with Crippen LogP contribution >= 0.6 is 23.5 Å². The molecule has 2 heterocycles. The number of rotatable bonds is 6. The SMILES string of the molecule is CCOC(=O)[C@H](CC)Sc1nc2c(c(=O)n1-c1ccc(F)cc1)S[C@@H](C)C2. The van der Waals surface area contributed by atoms with Gasteiger partial charge in [-0.05, 0) is 37.6 Å². The van der Waals surface area contributed by atoms with Gasteiger partial charge in [0.05, 0.1) is 22.9 Å². The molecular formula is C19H21FN2O3S2. The molecule has 1 aliphatic heterocycles. The van der Waals surface area contributed by atoms with Gasteiger partial charge in [-0.25, -0.2) is 9.37 Å². The van der Waals surface area contributed by atoms with Gasteiger partial charge in [-0.3, -0.25) is 14.2 Å². The number of benzene rings is 1. The van der Waals surface area contributed by atoms with Gasteiger partial charge in [0.2, 0.25) is 0 Å². The average molecular weight is 409 g/mol. The first-order valence-electron chi connectivity index (χ1n) is 8.86. The normalized spacial score (nSPS) is 16.8. The van der Waals surface area contributed by atoms with Gasteiger partial charge in [-0.2, -0.15) is 0 Å². The molecule has 5 nitrogen and oxygen atoms in total. The van der Waals surface area contributed by atoms with Crippen molar-refractivity contribution in [2.24, 2.45) is 0 Å². The molecule has 0 radical (unpaired) electrons. The number of carbonyl (C=O) groups is 1. The van der Waals surface area contributed by atoms with Crippen LogP contribution in [0.3, 0.4) is 0 Å². The van der Waals surface area contributed by atoms with Gasteiger partial charge in [0, 0.05) is 11.7 Å². The number of fused-ring (bicyclic) bond motifs is 1. The van der Waals surface area contributed by atoms with Crippen LogP contribution < -0.4 is 5.56 Å². The summed E-state index contributed by atoms with van der Waals surface area (Å²) >= 11 is 2.72. The van der Waals surface area contributed by atoms with Crippen LogP contribution in [0.4, 0.5) is 4.39 Å². The van der Waals surface area contributed by atoms with Crippen molar-refractivity contribution in [3.8, 4) is 5.69 Å². The van der Waals surface area contributed by atoms with E-state index < -0.39 is 5.25 Å². The highest BCUT2D eigenvalue weighted by molar-refractivity contribution is 8.00. The van der Waals surface area contributed by atoms with E-state index in [1.54, 1.807) is 19.1 Å². The van der Waals surface area contributed by atoms with Crippen LogP contribution in [-0.2, 0) is 16.0 Å². The fourth-order valence-electron chi connectivity index (χ4n) is 2.86. The van der Waals surface area contributed by atoms with Crippen LogP contribution in [0.15, 0.2) is 39.1 Å². The molecule has 0 saturated heterocycles. The Morgan fingerprint density at radius 1 is 1.41 bits per heavy atom. The zero-order chi connectivity index (χ0) is 19.6. The number of aromatic nitrogens is 2. The maximum absolute atomic E-state index is 13.4. The van der Waals surface area contributed by atoms with E-state index in [4.69, 9.17) is 9.72 Å². The summed E-state index contributed by atoms with van der Waals surface area (Å²) in [6.07, 6.45) is 1.26. The van der Waals surface area contributed by atoms with E-state index in [0.29, 0.717) is 35.2 Å². The highest BCUT2D eigenvalue weighted by Crippen LogP contribution is 2.36. The second-order valence-corrected chi connectivity index (χ2v) is 8.81. The molecule has 0 saturated carbocycles. The number of hydrogen-bond donors (Lipinski definition) is 0. The number of esters is 1. The Morgan fingerprint density at radius 3 is 2.74 bits per heavy atom. The molecule has 2 atom stereocenters. The zero-order valence-electron chi connectivity index (χ0n) is 15.4. The molecule has 0 unspecified atom stereocenters. The van der Waals surface area contributed by atoms with Crippen molar-refractivity contribution < 1.29 is 13.9 Å². The number of ether oxygens (including phenoxy) is 1. The Hall–Kier alpha value is -1.80. The molecule has 1 aliphatic rings. The lowest BCUT2D eigenvalue weighted by Crippen LogP contribution is -2.26. The smallest absolute Gasteiger partial charge is 0.319 e. The lowest BCUT2D eigenvalue weighted by Gasteiger charge is -2.17. The van der Waals surface area contributed by atoms with Crippen molar-refractivity contribution in [2.45, 2.75) is 54.2 Å². The lowest BCUT2D eigenvalue weighted by molar-refractivity contribution is -0.142. The minimum absolute atomic E-state index is 0.179. The zero-order valence-corrected chi connectivity index (χ0v) is 17.0. The Labute approximate surface area is 165 Å². The summed E-state index contributed by atoms with van der Waals surface area (Å²) in [6.45, 7) is 6.00. The predicted octanol–water partition coefficient (Wildman–Crippen LogP) is 3.84. The third-order valence-corrected chi connectivity index (χ3v) is 6.64. The molecule has 2 aromatic rings. The molecular weight excluding hydrogens is 387 g/mol. The molecule has 0 N–H and O–H groups in total. The van der Waals surface area contributed by atoms with Gasteiger partial charge in [0.1, 0.15) is 11.1 Å². The van der Waals surface area contributed by atoms with Crippen molar-refractivity contribution in [1.29, 1.82) is 0 Å². The molecule has 0 spiro atoms. The standard InChI is InChI=1S/C19H21FN2O3S2/c1-4-15(18(24)25-5-2)27-19-21-14-10-11(3)26-16(14)17(23)22(19)13-8-6-12(20)7-9-13/h6-9,11,15H,4-5,10H2,1-3H3/t11-,15-/m0/s1. The Bertz CT molecular complexity index is 899. The highest BCUT2D eigenvalue weighted by Gasteiger charge is 2.29. The van der Waals surface area contributed by atoms with Crippen LogP contribution in [0.25, 0.3) is 5.69 Å². The number of thioether (sulfide) groups is 2. The van der Waals surface area contributed by atoms with Crippen LogP contribution in [-0.4, -0.2) is 32.6 Å². The van der Waals surface area contributed by atoms with E-state index >= 15 is 0 Å². The number of halogens is 1. The summed E-state index contributed by atoms with van der Waals surface area (Å²) in [4.78, 5) is 30.7. The first kappa shape index (κ1) is 19.9. The van der Waals surface area contributed by atoms with Gasteiger partial charge in [0.25, 0.3) is 5.56 Å². The quantitative estimate of drug-likeness (QED) is 0.411. The second kappa shape index (κ2) is 8.48. The Morgan fingerprint density at radius 2 is 2.11 bits per heavy atom. The summed E-state index contributed by atoms with van der Waals surface area (Å²) in [7, 11) is 0. The topological polar surface area (TPSA) is 61.2 Å². The Balaban J connectivity index is 2.10. The molecule has 3 rings (SSSR count). The molecule has 0 amide bonds. The monoisotopic (exact) mass is 408 g/mol. The fraction of sp³-hybridized carbons (Fsp3) is 0.421. The number of carbonyl (C=O) groups excluding carboxylic acids is 1. The largest absolute Gasteiger partial charge is 0.465 e. The van der Waals surface area contributed by atoms with E-state index in [-0.39, 0.29) is 22.6 Å². The molecule has 0 bridgehead atoms. The fourth-order valence-corrected chi connectivity index (χ4v) is 5.00. The summed E-state index contributed by atoms with van der Waals surface area (Å²) in [6, 6.07) is 5.70. The third-order valence-electron chi connectivity index (χ3n) is 4.13. The second-order valence-electron chi connectivity index (χ2n) is 6.19. The van der Waals surface area contributed by atoms with Crippen molar-refractivity contribution >= 4 is 29.5 Å². The van der Waals surface area contributed by atoms with Crippen LogP contribution in [0.1, 0.15) is 32.9 Å². The van der Waals surface area contributed by atoms with E-state index in [9.17, 15) is 14.0 Å². The first-order chi connectivity index (χ1) is 12.9. The van der Waals surface area contributed by atoms with Crippen LogP contribution in [0.5, 0.6) is 0 Å². The minimum Gasteiger partial charge on any atom is -0.465 e. The summed E-state index contributed by atoms with van der Waals surface area (Å²) in [5.41, 5.74) is 1.11. The van der Waals surface area contributed by atoms with Gasteiger partial charge in [0.15, 0.2) is 5.16 Å². The van der Waals surface area contributed by atoms with E-state index in [0.717, 1.165) is 5.69 Å². The molecule has 27 heavy (non-hydrogen) atoms. The Kier molecular flexibility index (Phi) is 6.26. The first-order valence-corrected chi connectivity index (χ1v) is 10.6. The lowest BCUT2D eigenvalue weighted by atomic mass is 10.2. The highest BCUT2D eigenvalue weighted by atomic mass is 32.2. The van der Waals surface area contributed by atoms with Crippen molar-refractivity contribution in [2.75, 3.05) is 6.61 Å². The van der Waals surface area contributed by atoms with Crippen LogP contribution in [0, 0.1) is 5.82 Å². The minimum atomic E-state index is -0.465. The summed E-state index contributed by atoms with van der Waals surface area (Å²) < 4.78 is 20.0. The van der Waals surface area contributed by atoms with Gasteiger partial charge < -0.3 is 4.74 Å². The molecule has 1 aromatic heterocycles. The average Bonchev–Trinajstić information content (AvgIpc) is 3.02. The van der Waals surface area contributed by atoms with Crippen molar-refractivity contribution in [1.82, 2.24) is 9.55 Å². The predicted molar refractivity (Wildman–Crippen MR) is 105 cm³/mol. The summed E-state index contributed by atoms with van der Waals surface area (Å²) in [5.74, 6) is -0.704. The third kappa shape index (κ3) is 4.21. The molecule has 0 aliphatic carbocycles. The van der Waals surface area contributed by atoms with Gasteiger partial charge in [-0.15, -0.1) is 11.8 Å².